The molecule has 80 valence electrons. The third-order valence-electron chi connectivity index (χ3n) is 3.75. The van der Waals surface area contributed by atoms with Crippen LogP contribution in [-0.4, -0.2) is 6.29 Å². The molecule has 1 aliphatic rings. The molecule has 3 unspecified atom stereocenters. The van der Waals surface area contributed by atoms with Gasteiger partial charge in [-0.25, -0.2) is 0 Å². The number of carbonyl (C=O) groups is 1. The van der Waals surface area contributed by atoms with Crippen molar-refractivity contribution in [2.24, 2.45) is 22.7 Å². The molecule has 1 aliphatic carbocycles. The topological polar surface area (TPSA) is 17.1 Å². The molecule has 0 amide bonds. The van der Waals surface area contributed by atoms with Gasteiger partial charge in [-0.1, -0.05) is 46.8 Å². The van der Waals surface area contributed by atoms with Crippen LogP contribution in [0.4, 0.5) is 0 Å². The van der Waals surface area contributed by atoms with Crippen LogP contribution in [0.2, 0.25) is 0 Å². The first-order chi connectivity index (χ1) is 6.31. The molecule has 1 nitrogen and oxygen atoms in total. The second-order valence-electron chi connectivity index (χ2n) is 5.94. The zero-order valence-electron chi connectivity index (χ0n) is 10.0. The van der Waals surface area contributed by atoms with Crippen molar-refractivity contribution in [1.82, 2.24) is 0 Å². The number of hydrogen-bond acceptors (Lipinski definition) is 1. The first-order valence-electron chi connectivity index (χ1n) is 5.44. The molecule has 1 rings (SSSR count). The van der Waals surface area contributed by atoms with Gasteiger partial charge >= 0.3 is 0 Å². The van der Waals surface area contributed by atoms with Gasteiger partial charge in [0.1, 0.15) is 6.29 Å². The minimum absolute atomic E-state index is 0.160. The van der Waals surface area contributed by atoms with Gasteiger partial charge in [-0.05, 0) is 23.7 Å². The molecule has 0 aliphatic heterocycles. The Hall–Kier alpha value is -0.590. The van der Waals surface area contributed by atoms with Crippen molar-refractivity contribution < 1.29 is 4.79 Å². The molecule has 0 bridgehead atoms. The number of carbonyl (C=O) groups excluding carboxylic acids is 1. The van der Waals surface area contributed by atoms with Crippen LogP contribution in [0.5, 0.6) is 0 Å². The number of rotatable bonds is 1. The highest BCUT2D eigenvalue weighted by Crippen LogP contribution is 2.46. The van der Waals surface area contributed by atoms with Crippen LogP contribution in [0.15, 0.2) is 12.2 Å². The van der Waals surface area contributed by atoms with E-state index in [0.29, 0.717) is 11.8 Å². The lowest BCUT2D eigenvalue weighted by molar-refractivity contribution is -0.119. The molecule has 1 heteroatoms. The van der Waals surface area contributed by atoms with Crippen molar-refractivity contribution >= 4 is 6.29 Å². The standard InChI is InChI=1S/C13H22O/c1-10-11(12(2,3)4)7-6-8-13(10,5)9-14/h6-7,9-11H,8H2,1-5H3. The van der Waals surface area contributed by atoms with Crippen LogP contribution >= 0.6 is 0 Å². The summed E-state index contributed by atoms with van der Waals surface area (Å²) in [4.78, 5) is 11.1. The lowest BCUT2D eigenvalue weighted by Gasteiger charge is -2.43. The SMILES string of the molecule is CC1C(C(C)(C)C)C=CCC1(C)C=O. The summed E-state index contributed by atoms with van der Waals surface area (Å²) in [6.45, 7) is 11.0. The van der Waals surface area contributed by atoms with E-state index in [-0.39, 0.29) is 10.8 Å². The molecule has 0 fully saturated rings. The first-order valence-corrected chi connectivity index (χ1v) is 5.44. The summed E-state index contributed by atoms with van der Waals surface area (Å²) >= 11 is 0. The summed E-state index contributed by atoms with van der Waals surface area (Å²) in [5.41, 5.74) is 0.0906. The monoisotopic (exact) mass is 194 g/mol. The van der Waals surface area contributed by atoms with Crippen molar-refractivity contribution in [3.05, 3.63) is 12.2 Å². The van der Waals surface area contributed by atoms with Crippen LogP contribution < -0.4 is 0 Å². The van der Waals surface area contributed by atoms with Gasteiger partial charge in [-0.15, -0.1) is 0 Å². The van der Waals surface area contributed by atoms with Crippen molar-refractivity contribution in [3.8, 4) is 0 Å². The van der Waals surface area contributed by atoms with Gasteiger partial charge in [0, 0.05) is 5.41 Å². The molecule has 0 N–H and O–H groups in total. The van der Waals surface area contributed by atoms with E-state index in [0.717, 1.165) is 12.7 Å². The van der Waals surface area contributed by atoms with Gasteiger partial charge in [0.05, 0.1) is 0 Å². The Morgan fingerprint density at radius 1 is 1.43 bits per heavy atom. The molecule has 0 aromatic carbocycles. The second kappa shape index (κ2) is 3.52. The van der Waals surface area contributed by atoms with Crippen molar-refractivity contribution in [2.45, 2.75) is 41.0 Å². The van der Waals surface area contributed by atoms with Crippen LogP contribution in [-0.2, 0) is 4.79 Å². The lowest BCUT2D eigenvalue weighted by Crippen LogP contribution is -2.39. The maximum atomic E-state index is 11.1. The fourth-order valence-electron chi connectivity index (χ4n) is 2.43. The van der Waals surface area contributed by atoms with Gasteiger partial charge < -0.3 is 4.79 Å². The Morgan fingerprint density at radius 3 is 2.43 bits per heavy atom. The normalized spacial score (nSPS) is 38.4. The number of hydrogen-bond donors (Lipinski definition) is 0. The van der Waals surface area contributed by atoms with Crippen molar-refractivity contribution in [3.63, 3.8) is 0 Å². The third-order valence-corrected chi connectivity index (χ3v) is 3.75. The largest absolute Gasteiger partial charge is 0.303 e. The minimum atomic E-state index is -0.160. The predicted molar refractivity (Wildman–Crippen MR) is 60.0 cm³/mol. The second-order valence-corrected chi connectivity index (χ2v) is 5.94. The van der Waals surface area contributed by atoms with Gasteiger partial charge in [0.15, 0.2) is 0 Å². The molecule has 0 radical (unpaired) electrons. The Balaban J connectivity index is 2.97. The molecule has 0 aromatic heterocycles. The fraction of sp³-hybridized carbons (Fsp3) is 0.769. The molecule has 0 aromatic rings. The molecule has 0 saturated heterocycles. The molecule has 0 heterocycles. The van der Waals surface area contributed by atoms with E-state index in [1.54, 1.807) is 0 Å². The summed E-state index contributed by atoms with van der Waals surface area (Å²) in [6.07, 6.45) is 6.49. The quantitative estimate of drug-likeness (QED) is 0.461. The van der Waals surface area contributed by atoms with E-state index < -0.39 is 0 Å². The summed E-state index contributed by atoms with van der Waals surface area (Å²) in [5, 5.41) is 0. The summed E-state index contributed by atoms with van der Waals surface area (Å²) in [7, 11) is 0. The maximum Gasteiger partial charge on any atom is 0.126 e. The van der Waals surface area contributed by atoms with Gasteiger partial charge in [-0.3, -0.25) is 0 Å². The van der Waals surface area contributed by atoms with E-state index >= 15 is 0 Å². The lowest BCUT2D eigenvalue weighted by atomic mass is 9.60. The van der Waals surface area contributed by atoms with Crippen molar-refractivity contribution in [1.29, 1.82) is 0 Å². The molecular formula is C13H22O. The smallest absolute Gasteiger partial charge is 0.126 e. The molecule has 3 atom stereocenters. The van der Waals surface area contributed by atoms with Gasteiger partial charge in [0.25, 0.3) is 0 Å². The molecular weight excluding hydrogens is 172 g/mol. The van der Waals surface area contributed by atoms with Gasteiger partial charge in [0.2, 0.25) is 0 Å². The van der Waals surface area contributed by atoms with E-state index in [2.05, 4.69) is 46.8 Å². The zero-order valence-corrected chi connectivity index (χ0v) is 10.0. The average molecular weight is 194 g/mol. The summed E-state index contributed by atoms with van der Waals surface area (Å²) < 4.78 is 0. The first kappa shape index (κ1) is 11.5. The highest BCUT2D eigenvalue weighted by atomic mass is 16.1. The highest BCUT2D eigenvalue weighted by Gasteiger charge is 2.41. The van der Waals surface area contributed by atoms with E-state index in [1.807, 2.05) is 0 Å². The predicted octanol–water partition coefficient (Wildman–Crippen LogP) is 3.45. The Bertz CT molecular complexity index is 246. The van der Waals surface area contributed by atoms with E-state index in [9.17, 15) is 4.79 Å². The maximum absolute atomic E-state index is 11.1. The summed E-state index contributed by atoms with van der Waals surface area (Å²) in [6, 6.07) is 0. The van der Waals surface area contributed by atoms with Crippen LogP contribution in [0.1, 0.15) is 41.0 Å². The summed E-state index contributed by atoms with van der Waals surface area (Å²) in [5.74, 6) is 0.941. The Morgan fingerprint density at radius 2 is 2.00 bits per heavy atom. The fourth-order valence-corrected chi connectivity index (χ4v) is 2.43. The molecule has 0 spiro atoms. The average Bonchev–Trinajstić information content (AvgIpc) is 2.08. The van der Waals surface area contributed by atoms with Crippen LogP contribution in [0.25, 0.3) is 0 Å². The Kier molecular flexibility index (Phi) is 2.89. The van der Waals surface area contributed by atoms with Crippen LogP contribution in [0, 0.1) is 22.7 Å². The van der Waals surface area contributed by atoms with Crippen molar-refractivity contribution in [2.75, 3.05) is 0 Å². The number of aldehydes is 1. The van der Waals surface area contributed by atoms with E-state index in [4.69, 9.17) is 0 Å². The zero-order chi connectivity index (χ0) is 11.0. The van der Waals surface area contributed by atoms with Gasteiger partial charge in [-0.2, -0.15) is 0 Å². The minimum Gasteiger partial charge on any atom is -0.303 e. The molecule has 0 saturated carbocycles. The Labute approximate surface area is 87.6 Å². The molecule has 14 heavy (non-hydrogen) atoms. The third kappa shape index (κ3) is 1.92. The van der Waals surface area contributed by atoms with E-state index in [1.165, 1.54) is 0 Å². The van der Waals surface area contributed by atoms with Crippen LogP contribution in [0.3, 0.4) is 0 Å². The number of allylic oxidation sites excluding steroid dienone is 2. The highest BCUT2D eigenvalue weighted by molar-refractivity contribution is 5.60.